The van der Waals surface area contributed by atoms with Crippen molar-refractivity contribution in [2.75, 3.05) is 5.32 Å². The summed E-state index contributed by atoms with van der Waals surface area (Å²) in [6, 6.07) is 12.8. The summed E-state index contributed by atoms with van der Waals surface area (Å²) >= 11 is 21.8. The van der Waals surface area contributed by atoms with E-state index in [0.717, 1.165) is 22.5 Å². The van der Waals surface area contributed by atoms with E-state index in [0.29, 0.717) is 44.0 Å². The van der Waals surface area contributed by atoms with Crippen LogP contribution in [0.4, 0.5) is 5.82 Å². The van der Waals surface area contributed by atoms with Crippen molar-refractivity contribution in [2.45, 2.75) is 26.9 Å². The summed E-state index contributed by atoms with van der Waals surface area (Å²) in [4.78, 5) is 12.9. The first kappa shape index (κ1) is 23.8. The topological polar surface area (TPSA) is 64.7 Å². The van der Waals surface area contributed by atoms with Gasteiger partial charge in [0.25, 0.3) is 5.91 Å². The minimum absolute atomic E-state index is 0.260. The standard InChI is InChI=1S/C23H19BrCl3N5O/c1-13-21(27)14(2)32(29-13)11-15-4-3-5-17(8-15)23(33)28-22-18(24)12-31(30-22)10-16-6-7-19(25)20(26)9-16/h3-9,12H,10-11H2,1-2H3,(H,28,30,33). The normalized spacial score (nSPS) is 11.1. The van der Waals surface area contributed by atoms with Crippen LogP contribution in [0.15, 0.2) is 53.1 Å². The number of aromatic nitrogens is 4. The van der Waals surface area contributed by atoms with Crippen LogP contribution in [-0.4, -0.2) is 25.5 Å². The SMILES string of the molecule is Cc1nn(Cc2cccc(C(=O)Nc3nn(Cc4ccc(Cl)c(Cl)c4)cc3Br)c2)c(C)c1Cl. The van der Waals surface area contributed by atoms with E-state index in [1.165, 1.54) is 0 Å². The number of carbonyl (C=O) groups is 1. The molecule has 170 valence electrons. The second kappa shape index (κ2) is 9.89. The summed E-state index contributed by atoms with van der Waals surface area (Å²) in [5.41, 5.74) is 4.07. The molecule has 6 nitrogen and oxygen atoms in total. The number of amides is 1. The Balaban J connectivity index is 1.47. The van der Waals surface area contributed by atoms with Gasteiger partial charge in [-0.1, -0.05) is 53.0 Å². The van der Waals surface area contributed by atoms with Crippen molar-refractivity contribution in [1.29, 1.82) is 0 Å². The number of rotatable bonds is 6. The van der Waals surface area contributed by atoms with Gasteiger partial charge in [0.2, 0.25) is 0 Å². The second-order valence-electron chi connectivity index (χ2n) is 7.57. The number of anilines is 1. The highest BCUT2D eigenvalue weighted by Crippen LogP contribution is 2.25. The zero-order valence-electron chi connectivity index (χ0n) is 17.7. The van der Waals surface area contributed by atoms with Crippen LogP contribution in [0, 0.1) is 13.8 Å². The highest BCUT2D eigenvalue weighted by atomic mass is 79.9. The summed E-state index contributed by atoms with van der Waals surface area (Å²) in [5.74, 6) is 0.166. The predicted molar refractivity (Wildman–Crippen MR) is 136 cm³/mol. The molecule has 33 heavy (non-hydrogen) atoms. The number of aryl methyl sites for hydroxylation is 1. The van der Waals surface area contributed by atoms with Crippen LogP contribution in [0.5, 0.6) is 0 Å². The Bertz CT molecular complexity index is 1350. The fourth-order valence-electron chi connectivity index (χ4n) is 3.38. The van der Waals surface area contributed by atoms with Crippen LogP contribution in [-0.2, 0) is 13.1 Å². The molecule has 0 atom stereocenters. The lowest BCUT2D eigenvalue weighted by molar-refractivity contribution is 0.102. The second-order valence-corrected chi connectivity index (χ2v) is 9.62. The third-order valence-corrected chi connectivity index (χ3v) is 6.96. The Labute approximate surface area is 214 Å². The van der Waals surface area contributed by atoms with Gasteiger partial charge in [0, 0.05) is 11.8 Å². The molecule has 0 aliphatic rings. The van der Waals surface area contributed by atoms with Gasteiger partial charge in [-0.2, -0.15) is 10.2 Å². The highest BCUT2D eigenvalue weighted by molar-refractivity contribution is 9.10. The third-order valence-electron chi connectivity index (χ3n) is 5.09. The number of hydrogen-bond donors (Lipinski definition) is 1. The van der Waals surface area contributed by atoms with E-state index >= 15 is 0 Å². The molecule has 0 saturated heterocycles. The minimum Gasteiger partial charge on any atom is -0.304 e. The van der Waals surface area contributed by atoms with Gasteiger partial charge in [-0.25, -0.2) is 0 Å². The molecule has 2 aromatic heterocycles. The molecular formula is C23H19BrCl3N5O. The number of halogens is 4. The van der Waals surface area contributed by atoms with Crippen LogP contribution in [0.25, 0.3) is 0 Å². The molecule has 4 aromatic rings. The molecule has 0 unspecified atom stereocenters. The van der Waals surface area contributed by atoms with E-state index in [9.17, 15) is 4.79 Å². The monoisotopic (exact) mass is 565 g/mol. The lowest BCUT2D eigenvalue weighted by Gasteiger charge is -2.08. The number of nitrogens with zero attached hydrogens (tertiary/aromatic N) is 4. The average Bonchev–Trinajstić information content (AvgIpc) is 3.24. The molecule has 0 radical (unpaired) electrons. The minimum atomic E-state index is -0.260. The summed E-state index contributed by atoms with van der Waals surface area (Å²) in [7, 11) is 0. The molecule has 0 bridgehead atoms. The Kier molecular flexibility index (Phi) is 7.14. The average molecular weight is 568 g/mol. The van der Waals surface area contributed by atoms with Gasteiger partial charge >= 0.3 is 0 Å². The van der Waals surface area contributed by atoms with Crippen LogP contribution in [0.2, 0.25) is 15.1 Å². The van der Waals surface area contributed by atoms with E-state index < -0.39 is 0 Å². The van der Waals surface area contributed by atoms with Crippen LogP contribution in [0.3, 0.4) is 0 Å². The summed E-state index contributed by atoms with van der Waals surface area (Å²) < 4.78 is 4.21. The van der Waals surface area contributed by atoms with E-state index in [2.05, 4.69) is 31.4 Å². The molecule has 0 aliphatic heterocycles. The molecule has 4 rings (SSSR count). The predicted octanol–water partition coefficient (Wildman–Crippen LogP) is 6.77. The molecule has 2 heterocycles. The maximum absolute atomic E-state index is 12.9. The number of benzene rings is 2. The Morgan fingerprint density at radius 3 is 2.45 bits per heavy atom. The summed E-state index contributed by atoms with van der Waals surface area (Å²) in [6.45, 7) is 4.79. The fraction of sp³-hybridized carbons (Fsp3) is 0.174. The molecule has 0 saturated carbocycles. The largest absolute Gasteiger partial charge is 0.304 e. The molecule has 0 aliphatic carbocycles. The quantitative estimate of drug-likeness (QED) is 0.280. The molecule has 2 aromatic carbocycles. The maximum Gasteiger partial charge on any atom is 0.256 e. The number of carbonyl (C=O) groups excluding carboxylic acids is 1. The van der Waals surface area contributed by atoms with E-state index in [-0.39, 0.29) is 5.91 Å². The van der Waals surface area contributed by atoms with Gasteiger partial charge in [-0.05, 0) is 65.2 Å². The van der Waals surface area contributed by atoms with Crippen molar-refractivity contribution in [2.24, 2.45) is 0 Å². The lowest BCUT2D eigenvalue weighted by atomic mass is 10.1. The van der Waals surface area contributed by atoms with Crippen molar-refractivity contribution in [3.8, 4) is 0 Å². The Hall–Kier alpha value is -2.32. The van der Waals surface area contributed by atoms with Crippen molar-refractivity contribution >= 4 is 62.5 Å². The summed E-state index contributed by atoms with van der Waals surface area (Å²) in [6.07, 6.45) is 1.79. The first-order chi connectivity index (χ1) is 15.7. The maximum atomic E-state index is 12.9. The van der Waals surface area contributed by atoms with Gasteiger partial charge in [0.05, 0.1) is 44.0 Å². The van der Waals surface area contributed by atoms with E-state index in [1.54, 1.807) is 29.1 Å². The Morgan fingerprint density at radius 1 is 1.00 bits per heavy atom. The molecular weight excluding hydrogens is 549 g/mol. The molecule has 10 heteroatoms. The van der Waals surface area contributed by atoms with Crippen molar-refractivity contribution in [3.63, 3.8) is 0 Å². The molecule has 0 fully saturated rings. The first-order valence-electron chi connectivity index (χ1n) is 9.98. The fourth-order valence-corrected chi connectivity index (χ4v) is 4.25. The molecule has 0 spiro atoms. The first-order valence-corrected chi connectivity index (χ1v) is 11.9. The van der Waals surface area contributed by atoms with E-state index in [1.807, 2.05) is 42.8 Å². The van der Waals surface area contributed by atoms with Crippen LogP contribution >= 0.6 is 50.7 Å². The smallest absolute Gasteiger partial charge is 0.256 e. The van der Waals surface area contributed by atoms with Crippen LogP contribution in [0.1, 0.15) is 32.9 Å². The van der Waals surface area contributed by atoms with Crippen LogP contribution < -0.4 is 5.32 Å². The van der Waals surface area contributed by atoms with Crippen molar-refractivity contribution in [1.82, 2.24) is 19.6 Å². The highest BCUT2D eigenvalue weighted by Gasteiger charge is 2.14. The number of hydrogen-bond acceptors (Lipinski definition) is 3. The zero-order valence-corrected chi connectivity index (χ0v) is 21.6. The molecule has 1 N–H and O–H groups in total. The molecule has 1 amide bonds. The van der Waals surface area contributed by atoms with Gasteiger partial charge in [0.1, 0.15) is 0 Å². The number of nitrogens with one attached hydrogen (secondary N) is 1. The van der Waals surface area contributed by atoms with E-state index in [4.69, 9.17) is 34.8 Å². The summed E-state index contributed by atoms with van der Waals surface area (Å²) in [5, 5.41) is 13.4. The van der Waals surface area contributed by atoms with Gasteiger partial charge in [0.15, 0.2) is 5.82 Å². The third kappa shape index (κ3) is 5.44. The zero-order chi connectivity index (χ0) is 23.7. The van der Waals surface area contributed by atoms with Gasteiger partial charge in [-0.3, -0.25) is 14.2 Å². The van der Waals surface area contributed by atoms with Gasteiger partial charge in [-0.15, -0.1) is 0 Å². The Morgan fingerprint density at radius 2 is 1.76 bits per heavy atom. The van der Waals surface area contributed by atoms with Gasteiger partial charge < -0.3 is 5.32 Å². The lowest BCUT2D eigenvalue weighted by Crippen LogP contribution is -2.14. The van der Waals surface area contributed by atoms with Crippen molar-refractivity contribution < 1.29 is 4.79 Å². The van der Waals surface area contributed by atoms with Crippen molar-refractivity contribution in [3.05, 3.63) is 96.3 Å².